The first-order chi connectivity index (χ1) is 7.03. The summed E-state index contributed by atoms with van der Waals surface area (Å²) in [4.78, 5) is 23.9. The Kier molecular flexibility index (Phi) is 4.33. The largest absolute Gasteiger partial charge is 0.353 e. The molecule has 0 aromatic heterocycles. The Balaban J connectivity index is 2.63. The number of nitrogens with one attached hydrogen (secondary N) is 1. The zero-order valence-electron chi connectivity index (χ0n) is 8.90. The minimum absolute atomic E-state index is 0.0887. The van der Waals surface area contributed by atoms with Crippen LogP contribution in [0.25, 0.3) is 0 Å². The zero-order chi connectivity index (χ0) is 11.5. The van der Waals surface area contributed by atoms with Crippen molar-refractivity contribution in [1.82, 2.24) is 10.2 Å². The number of thiol groups is 1. The van der Waals surface area contributed by atoms with Gasteiger partial charge in [-0.15, -0.1) is 11.8 Å². The van der Waals surface area contributed by atoms with Gasteiger partial charge in [-0.25, -0.2) is 0 Å². The molecule has 0 saturated carbocycles. The van der Waals surface area contributed by atoms with Crippen LogP contribution in [0.4, 0.5) is 0 Å². The molecule has 1 rings (SSSR count). The average Bonchev–Trinajstić information content (AvgIpc) is 2.49. The third kappa shape index (κ3) is 2.81. The Morgan fingerprint density at radius 3 is 2.93 bits per heavy atom. The lowest BCUT2D eigenvalue weighted by atomic mass is 10.2. The molecule has 1 atom stereocenters. The SMILES string of the molecule is CC1(C)SCC(C(=O)NCCS)N1C=O. The second-order valence-corrected chi connectivity index (χ2v) is 5.87. The molecule has 0 spiro atoms. The van der Waals surface area contributed by atoms with E-state index in [0.29, 0.717) is 18.1 Å². The van der Waals surface area contributed by atoms with E-state index < -0.39 is 0 Å². The number of thioether (sulfide) groups is 1. The van der Waals surface area contributed by atoms with Crippen LogP contribution in [-0.2, 0) is 9.59 Å². The molecule has 0 bridgehead atoms. The predicted octanol–water partition coefficient (Wildman–Crippen LogP) is 0.342. The van der Waals surface area contributed by atoms with E-state index in [1.54, 1.807) is 16.7 Å². The first-order valence-electron chi connectivity index (χ1n) is 4.79. The van der Waals surface area contributed by atoms with Crippen LogP contribution in [0.15, 0.2) is 0 Å². The summed E-state index contributed by atoms with van der Waals surface area (Å²) < 4.78 is 0. The van der Waals surface area contributed by atoms with Gasteiger partial charge in [0.05, 0.1) is 4.87 Å². The number of carbonyl (C=O) groups excluding carboxylic acids is 2. The molecule has 1 unspecified atom stereocenters. The summed E-state index contributed by atoms with van der Waals surface area (Å²) in [6.45, 7) is 4.42. The predicted molar refractivity (Wildman–Crippen MR) is 65.1 cm³/mol. The van der Waals surface area contributed by atoms with Crippen molar-refractivity contribution in [3.63, 3.8) is 0 Å². The Hall–Kier alpha value is -0.360. The van der Waals surface area contributed by atoms with Crippen LogP contribution in [0, 0.1) is 0 Å². The van der Waals surface area contributed by atoms with Gasteiger partial charge in [-0.3, -0.25) is 9.59 Å². The van der Waals surface area contributed by atoms with E-state index >= 15 is 0 Å². The van der Waals surface area contributed by atoms with Crippen LogP contribution in [0.2, 0.25) is 0 Å². The van der Waals surface area contributed by atoms with Gasteiger partial charge in [0.25, 0.3) is 0 Å². The van der Waals surface area contributed by atoms with Crippen LogP contribution in [0.5, 0.6) is 0 Å². The van der Waals surface area contributed by atoms with Gasteiger partial charge in [-0.05, 0) is 13.8 Å². The maximum Gasteiger partial charge on any atom is 0.243 e. The van der Waals surface area contributed by atoms with Gasteiger partial charge in [0, 0.05) is 18.1 Å². The van der Waals surface area contributed by atoms with Gasteiger partial charge in [-0.1, -0.05) is 0 Å². The van der Waals surface area contributed by atoms with Crippen molar-refractivity contribution in [3.8, 4) is 0 Å². The number of amides is 2. The van der Waals surface area contributed by atoms with Crippen LogP contribution in [0.3, 0.4) is 0 Å². The zero-order valence-corrected chi connectivity index (χ0v) is 10.6. The lowest BCUT2D eigenvalue weighted by molar-refractivity contribution is -0.133. The van der Waals surface area contributed by atoms with E-state index in [4.69, 9.17) is 0 Å². The normalized spacial score (nSPS) is 23.9. The van der Waals surface area contributed by atoms with Gasteiger partial charge < -0.3 is 10.2 Å². The van der Waals surface area contributed by atoms with Gasteiger partial charge in [0.1, 0.15) is 6.04 Å². The third-order valence-electron chi connectivity index (χ3n) is 2.38. The highest BCUT2D eigenvalue weighted by Crippen LogP contribution is 2.37. The Morgan fingerprint density at radius 1 is 1.73 bits per heavy atom. The quantitative estimate of drug-likeness (QED) is 0.557. The number of nitrogens with zero attached hydrogens (tertiary/aromatic N) is 1. The van der Waals surface area contributed by atoms with Crippen molar-refractivity contribution in [1.29, 1.82) is 0 Å². The monoisotopic (exact) mass is 248 g/mol. The summed E-state index contributed by atoms with van der Waals surface area (Å²) in [5.41, 5.74) is 0. The minimum atomic E-state index is -0.345. The minimum Gasteiger partial charge on any atom is -0.353 e. The summed E-state index contributed by atoms with van der Waals surface area (Å²) in [5.74, 6) is 1.18. The highest BCUT2D eigenvalue weighted by Gasteiger charge is 2.42. The van der Waals surface area contributed by atoms with Crippen molar-refractivity contribution in [3.05, 3.63) is 0 Å². The van der Waals surface area contributed by atoms with Gasteiger partial charge >= 0.3 is 0 Å². The Morgan fingerprint density at radius 2 is 2.40 bits per heavy atom. The molecular weight excluding hydrogens is 232 g/mol. The summed E-state index contributed by atoms with van der Waals surface area (Å²) in [7, 11) is 0. The molecule has 1 aliphatic heterocycles. The third-order valence-corrected chi connectivity index (χ3v) is 4.00. The van der Waals surface area contributed by atoms with Crippen molar-refractivity contribution in [2.75, 3.05) is 18.1 Å². The summed E-state index contributed by atoms with van der Waals surface area (Å²) in [6, 6.07) is -0.345. The summed E-state index contributed by atoms with van der Waals surface area (Å²) >= 11 is 5.63. The molecule has 1 N–H and O–H groups in total. The van der Waals surface area contributed by atoms with E-state index in [0.717, 1.165) is 6.41 Å². The fourth-order valence-corrected chi connectivity index (χ4v) is 2.82. The van der Waals surface area contributed by atoms with Crippen molar-refractivity contribution >= 4 is 36.7 Å². The van der Waals surface area contributed by atoms with E-state index in [-0.39, 0.29) is 16.8 Å². The van der Waals surface area contributed by atoms with Crippen LogP contribution >= 0.6 is 24.4 Å². The number of rotatable bonds is 4. The summed E-state index contributed by atoms with van der Waals surface area (Å²) in [6.07, 6.45) is 0.755. The highest BCUT2D eigenvalue weighted by atomic mass is 32.2. The van der Waals surface area contributed by atoms with Gasteiger partial charge in [0.15, 0.2) is 0 Å². The molecular formula is C9H16N2O2S2. The molecule has 1 saturated heterocycles. The molecule has 0 aliphatic carbocycles. The van der Waals surface area contributed by atoms with E-state index in [2.05, 4.69) is 17.9 Å². The molecule has 6 heteroatoms. The summed E-state index contributed by atoms with van der Waals surface area (Å²) in [5, 5.41) is 2.75. The fourth-order valence-electron chi connectivity index (χ4n) is 1.51. The smallest absolute Gasteiger partial charge is 0.243 e. The van der Waals surface area contributed by atoms with E-state index in [1.165, 1.54) is 0 Å². The number of hydrogen-bond acceptors (Lipinski definition) is 4. The van der Waals surface area contributed by atoms with Gasteiger partial charge in [0.2, 0.25) is 12.3 Å². The molecule has 1 heterocycles. The van der Waals surface area contributed by atoms with Crippen LogP contribution in [0.1, 0.15) is 13.8 Å². The topological polar surface area (TPSA) is 49.4 Å². The molecule has 0 aromatic carbocycles. The molecule has 86 valence electrons. The standard InChI is InChI=1S/C9H16N2O2S2/c1-9(2)11(6-12)7(5-15-9)8(13)10-3-4-14/h6-7,14H,3-5H2,1-2H3,(H,10,13). The first kappa shape index (κ1) is 12.7. The maximum atomic E-state index is 11.7. The van der Waals surface area contributed by atoms with Gasteiger partial charge in [-0.2, -0.15) is 12.6 Å². The molecule has 4 nitrogen and oxygen atoms in total. The first-order valence-corrected chi connectivity index (χ1v) is 6.41. The van der Waals surface area contributed by atoms with Crippen molar-refractivity contribution in [2.45, 2.75) is 24.8 Å². The van der Waals surface area contributed by atoms with Crippen molar-refractivity contribution < 1.29 is 9.59 Å². The van der Waals surface area contributed by atoms with E-state index in [9.17, 15) is 9.59 Å². The highest BCUT2D eigenvalue weighted by molar-refractivity contribution is 8.00. The lowest BCUT2D eigenvalue weighted by Gasteiger charge is -2.30. The second-order valence-electron chi connectivity index (χ2n) is 3.80. The molecule has 0 aromatic rings. The molecule has 1 fully saturated rings. The van der Waals surface area contributed by atoms with Crippen LogP contribution < -0.4 is 5.32 Å². The van der Waals surface area contributed by atoms with Crippen molar-refractivity contribution in [2.24, 2.45) is 0 Å². The fraction of sp³-hybridized carbons (Fsp3) is 0.778. The average molecular weight is 248 g/mol. The molecule has 1 aliphatic rings. The van der Waals surface area contributed by atoms with E-state index in [1.807, 2.05) is 13.8 Å². The Labute approximate surface area is 99.6 Å². The molecule has 15 heavy (non-hydrogen) atoms. The van der Waals surface area contributed by atoms with Crippen LogP contribution in [-0.4, -0.2) is 46.2 Å². The molecule has 2 amide bonds. The molecule has 0 radical (unpaired) electrons. The number of carbonyl (C=O) groups is 2. The lowest BCUT2D eigenvalue weighted by Crippen LogP contribution is -2.49. The number of hydrogen-bond donors (Lipinski definition) is 2. The second kappa shape index (κ2) is 5.12. The maximum absolute atomic E-state index is 11.7. The Bertz CT molecular complexity index is 258.